The number of carbonyl (C=O) groups is 1. The molecule has 1 aromatic carbocycles. The Kier molecular flexibility index (Phi) is 7.18. The van der Waals surface area contributed by atoms with Gasteiger partial charge in [0.15, 0.2) is 6.10 Å². The van der Waals surface area contributed by atoms with Gasteiger partial charge in [0.25, 0.3) is 5.91 Å². The molecule has 21 heavy (non-hydrogen) atoms. The fourth-order valence-electron chi connectivity index (χ4n) is 1.89. The molecule has 4 nitrogen and oxygen atoms in total. The number of nitrogens with one attached hydrogen (secondary N) is 1. The molecule has 0 aliphatic carbocycles. The lowest BCUT2D eigenvalue weighted by atomic mass is 9.88. The second-order valence-electron chi connectivity index (χ2n) is 5.92. The molecule has 1 atom stereocenters. The van der Waals surface area contributed by atoms with Gasteiger partial charge >= 0.3 is 0 Å². The third-order valence-corrected chi connectivity index (χ3v) is 3.78. The van der Waals surface area contributed by atoms with E-state index in [-0.39, 0.29) is 17.9 Å². The minimum absolute atomic E-state index is 0.0320. The average molecular weight is 358 g/mol. The number of rotatable bonds is 8. The Morgan fingerprint density at radius 3 is 2.57 bits per heavy atom. The molecule has 0 aromatic heterocycles. The fraction of sp³-hybridized carbons (Fsp3) is 0.562. The van der Waals surface area contributed by atoms with E-state index < -0.39 is 6.10 Å². The van der Waals surface area contributed by atoms with Gasteiger partial charge in [-0.2, -0.15) is 0 Å². The Labute approximate surface area is 135 Å². The van der Waals surface area contributed by atoms with E-state index in [1.165, 1.54) is 0 Å². The Bertz CT molecular complexity index is 445. The summed E-state index contributed by atoms with van der Waals surface area (Å²) in [5.41, 5.74) is -0.0320. The van der Waals surface area contributed by atoms with Crippen molar-refractivity contribution in [2.45, 2.75) is 39.7 Å². The lowest BCUT2D eigenvalue weighted by Crippen LogP contribution is -2.41. The molecular formula is C16H24BrNO3. The van der Waals surface area contributed by atoms with E-state index in [0.717, 1.165) is 17.3 Å². The van der Waals surface area contributed by atoms with Crippen molar-refractivity contribution in [3.8, 4) is 5.75 Å². The van der Waals surface area contributed by atoms with Crippen LogP contribution in [0.5, 0.6) is 5.75 Å². The molecule has 118 valence electrons. The molecular weight excluding hydrogens is 334 g/mol. The van der Waals surface area contributed by atoms with Crippen molar-refractivity contribution in [3.63, 3.8) is 0 Å². The lowest BCUT2D eigenvalue weighted by Gasteiger charge is -2.25. The maximum absolute atomic E-state index is 12.0. The quantitative estimate of drug-likeness (QED) is 0.751. The molecule has 0 saturated carbocycles. The topological polar surface area (TPSA) is 58.6 Å². The molecule has 1 amide bonds. The standard InChI is InChI=1S/C16H24BrNO3/c1-12(21-14-7-5-13(17)6-8-14)15(20)18-11-16(2,3)9-4-10-19/h5-8,12,19H,4,9-11H2,1-3H3,(H,18,20). The molecule has 0 aliphatic heterocycles. The minimum atomic E-state index is -0.542. The SMILES string of the molecule is CC(Oc1ccc(Br)cc1)C(=O)NCC(C)(C)CCCO. The van der Waals surface area contributed by atoms with Crippen LogP contribution in [0.1, 0.15) is 33.6 Å². The number of aliphatic hydroxyl groups excluding tert-OH is 1. The van der Waals surface area contributed by atoms with Crippen molar-refractivity contribution >= 4 is 21.8 Å². The number of benzene rings is 1. The Balaban J connectivity index is 2.42. The smallest absolute Gasteiger partial charge is 0.260 e. The highest BCUT2D eigenvalue weighted by Gasteiger charge is 2.21. The zero-order valence-electron chi connectivity index (χ0n) is 12.9. The maximum atomic E-state index is 12.0. The second-order valence-corrected chi connectivity index (χ2v) is 6.84. The first-order valence-electron chi connectivity index (χ1n) is 7.15. The molecule has 0 aliphatic rings. The zero-order chi connectivity index (χ0) is 15.9. The summed E-state index contributed by atoms with van der Waals surface area (Å²) in [4.78, 5) is 12.0. The minimum Gasteiger partial charge on any atom is -0.481 e. The number of hydrogen-bond donors (Lipinski definition) is 2. The van der Waals surface area contributed by atoms with Crippen molar-refractivity contribution in [2.75, 3.05) is 13.2 Å². The van der Waals surface area contributed by atoms with E-state index in [1.54, 1.807) is 6.92 Å². The number of carbonyl (C=O) groups excluding carboxylic acids is 1. The highest BCUT2D eigenvalue weighted by Crippen LogP contribution is 2.21. The molecule has 1 aromatic rings. The Hall–Kier alpha value is -1.07. The molecule has 0 spiro atoms. The van der Waals surface area contributed by atoms with Crippen LogP contribution in [-0.2, 0) is 4.79 Å². The van der Waals surface area contributed by atoms with Gasteiger partial charge in [0, 0.05) is 17.6 Å². The molecule has 0 fully saturated rings. The number of halogens is 1. The molecule has 0 saturated heterocycles. The first-order valence-corrected chi connectivity index (χ1v) is 7.94. The molecule has 0 bridgehead atoms. The van der Waals surface area contributed by atoms with Crippen LogP contribution in [0.25, 0.3) is 0 Å². The number of ether oxygens (including phenoxy) is 1. The van der Waals surface area contributed by atoms with E-state index >= 15 is 0 Å². The van der Waals surface area contributed by atoms with E-state index in [0.29, 0.717) is 12.3 Å². The zero-order valence-corrected chi connectivity index (χ0v) is 14.4. The molecule has 0 heterocycles. The van der Waals surface area contributed by atoms with E-state index in [1.807, 2.05) is 24.3 Å². The van der Waals surface area contributed by atoms with Crippen LogP contribution in [0.4, 0.5) is 0 Å². The Morgan fingerprint density at radius 1 is 1.38 bits per heavy atom. The first kappa shape index (κ1) is 18.0. The van der Waals surface area contributed by atoms with E-state index in [9.17, 15) is 4.79 Å². The van der Waals surface area contributed by atoms with Crippen molar-refractivity contribution in [1.82, 2.24) is 5.32 Å². The van der Waals surface area contributed by atoms with Crippen molar-refractivity contribution < 1.29 is 14.6 Å². The highest BCUT2D eigenvalue weighted by molar-refractivity contribution is 9.10. The van der Waals surface area contributed by atoms with Gasteiger partial charge in [0.2, 0.25) is 0 Å². The van der Waals surface area contributed by atoms with E-state index in [2.05, 4.69) is 35.1 Å². The highest BCUT2D eigenvalue weighted by atomic mass is 79.9. The number of hydrogen-bond acceptors (Lipinski definition) is 3. The molecule has 1 rings (SSSR count). The summed E-state index contributed by atoms with van der Waals surface area (Å²) in [6, 6.07) is 7.38. The summed E-state index contributed by atoms with van der Waals surface area (Å²) >= 11 is 3.36. The average Bonchev–Trinajstić information content (AvgIpc) is 2.45. The fourth-order valence-corrected chi connectivity index (χ4v) is 2.15. The number of amides is 1. The summed E-state index contributed by atoms with van der Waals surface area (Å²) in [5, 5.41) is 11.8. The van der Waals surface area contributed by atoms with Gasteiger partial charge in [-0.05, 0) is 49.4 Å². The normalized spacial score (nSPS) is 12.8. The second kappa shape index (κ2) is 8.39. The monoisotopic (exact) mass is 357 g/mol. The van der Waals surface area contributed by atoms with Crippen molar-refractivity contribution in [2.24, 2.45) is 5.41 Å². The summed E-state index contributed by atoms with van der Waals surface area (Å²) in [6.07, 6.45) is 1.07. The maximum Gasteiger partial charge on any atom is 0.260 e. The summed E-state index contributed by atoms with van der Waals surface area (Å²) in [5.74, 6) is 0.537. The van der Waals surface area contributed by atoms with Crippen LogP contribution in [0, 0.1) is 5.41 Å². The summed E-state index contributed by atoms with van der Waals surface area (Å²) in [7, 11) is 0. The van der Waals surface area contributed by atoms with Gasteiger partial charge in [-0.15, -0.1) is 0 Å². The van der Waals surface area contributed by atoms with E-state index in [4.69, 9.17) is 9.84 Å². The van der Waals surface area contributed by atoms with Crippen LogP contribution in [0.15, 0.2) is 28.7 Å². The first-order chi connectivity index (χ1) is 9.84. The van der Waals surface area contributed by atoms with Gasteiger partial charge < -0.3 is 15.2 Å². The molecule has 2 N–H and O–H groups in total. The van der Waals surface area contributed by atoms with Crippen LogP contribution in [0.2, 0.25) is 0 Å². The molecule has 0 radical (unpaired) electrons. The summed E-state index contributed by atoms with van der Waals surface area (Å²) < 4.78 is 6.57. The van der Waals surface area contributed by atoms with Crippen molar-refractivity contribution in [1.29, 1.82) is 0 Å². The van der Waals surface area contributed by atoms with Gasteiger partial charge in [-0.25, -0.2) is 0 Å². The number of aliphatic hydroxyl groups is 1. The van der Waals surface area contributed by atoms with Gasteiger partial charge in [-0.1, -0.05) is 29.8 Å². The lowest BCUT2D eigenvalue weighted by molar-refractivity contribution is -0.127. The van der Waals surface area contributed by atoms with Crippen LogP contribution in [0.3, 0.4) is 0 Å². The van der Waals surface area contributed by atoms with Crippen LogP contribution < -0.4 is 10.1 Å². The van der Waals surface area contributed by atoms with Crippen LogP contribution in [-0.4, -0.2) is 30.3 Å². The molecule has 5 heteroatoms. The van der Waals surface area contributed by atoms with Gasteiger partial charge in [0.05, 0.1) is 0 Å². The third-order valence-electron chi connectivity index (χ3n) is 3.25. The van der Waals surface area contributed by atoms with Crippen LogP contribution >= 0.6 is 15.9 Å². The van der Waals surface area contributed by atoms with Crippen molar-refractivity contribution in [3.05, 3.63) is 28.7 Å². The van der Waals surface area contributed by atoms with Gasteiger partial charge in [0.1, 0.15) is 5.75 Å². The largest absolute Gasteiger partial charge is 0.481 e. The Morgan fingerprint density at radius 2 is 2.00 bits per heavy atom. The molecule has 1 unspecified atom stereocenters. The third kappa shape index (κ3) is 6.96. The summed E-state index contributed by atoms with van der Waals surface area (Å²) in [6.45, 7) is 6.63. The predicted molar refractivity (Wildman–Crippen MR) is 87.3 cm³/mol. The predicted octanol–water partition coefficient (Wildman–Crippen LogP) is 3.13. The van der Waals surface area contributed by atoms with Gasteiger partial charge in [-0.3, -0.25) is 4.79 Å².